The van der Waals surface area contributed by atoms with Gasteiger partial charge in [-0.05, 0) is 42.0 Å². The molecule has 1 aliphatic heterocycles. The molecule has 0 spiro atoms. The molecule has 0 saturated heterocycles. The Morgan fingerprint density at radius 3 is 3.19 bits per heavy atom. The van der Waals surface area contributed by atoms with Gasteiger partial charge in [0, 0.05) is 37.5 Å². The summed E-state index contributed by atoms with van der Waals surface area (Å²) >= 11 is 0. The van der Waals surface area contributed by atoms with E-state index in [0.717, 1.165) is 31.9 Å². The Labute approximate surface area is 123 Å². The second-order valence-electron chi connectivity index (χ2n) is 5.75. The van der Waals surface area contributed by atoms with E-state index in [-0.39, 0.29) is 0 Å². The molecule has 1 aliphatic rings. The zero-order valence-corrected chi connectivity index (χ0v) is 12.1. The first-order valence-electron chi connectivity index (χ1n) is 7.38. The fourth-order valence-electron chi connectivity index (χ4n) is 3.04. The lowest BCUT2D eigenvalue weighted by Gasteiger charge is -2.27. The van der Waals surface area contributed by atoms with Crippen LogP contribution in [-0.2, 0) is 19.5 Å². The van der Waals surface area contributed by atoms with Crippen molar-refractivity contribution >= 4 is 10.9 Å². The summed E-state index contributed by atoms with van der Waals surface area (Å²) in [7, 11) is 0. The Morgan fingerprint density at radius 2 is 2.24 bits per heavy atom. The van der Waals surface area contributed by atoms with E-state index in [0.29, 0.717) is 0 Å². The van der Waals surface area contributed by atoms with E-state index in [1.54, 1.807) is 0 Å². The molecule has 106 valence electrons. The van der Waals surface area contributed by atoms with Gasteiger partial charge in [-0.2, -0.15) is 0 Å². The number of rotatable bonds is 2. The maximum absolute atomic E-state index is 4.59. The highest BCUT2D eigenvalue weighted by Crippen LogP contribution is 2.20. The van der Waals surface area contributed by atoms with Crippen LogP contribution in [0.5, 0.6) is 0 Å². The predicted molar refractivity (Wildman–Crippen MR) is 82.9 cm³/mol. The summed E-state index contributed by atoms with van der Waals surface area (Å²) < 4.78 is 0. The van der Waals surface area contributed by atoms with E-state index >= 15 is 0 Å². The lowest BCUT2D eigenvalue weighted by Crippen LogP contribution is -2.31. The Balaban J connectivity index is 1.55. The van der Waals surface area contributed by atoms with Crippen molar-refractivity contribution in [2.75, 3.05) is 6.54 Å². The van der Waals surface area contributed by atoms with Gasteiger partial charge in [-0.25, -0.2) is 9.97 Å². The van der Waals surface area contributed by atoms with Crippen LogP contribution in [0.25, 0.3) is 10.9 Å². The monoisotopic (exact) mass is 278 g/mol. The predicted octanol–water partition coefficient (Wildman–Crippen LogP) is 2.82. The number of hydrogen-bond donors (Lipinski definition) is 1. The molecule has 4 heteroatoms. The van der Waals surface area contributed by atoms with Gasteiger partial charge in [0.25, 0.3) is 0 Å². The lowest BCUT2D eigenvalue weighted by molar-refractivity contribution is 0.241. The van der Waals surface area contributed by atoms with E-state index in [4.69, 9.17) is 0 Å². The van der Waals surface area contributed by atoms with Crippen molar-refractivity contribution in [2.24, 2.45) is 0 Å². The van der Waals surface area contributed by atoms with Crippen molar-refractivity contribution < 1.29 is 0 Å². The Morgan fingerprint density at radius 1 is 1.29 bits per heavy atom. The van der Waals surface area contributed by atoms with Crippen LogP contribution in [0.2, 0.25) is 0 Å². The quantitative estimate of drug-likeness (QED) is 0.784. The molecule has 0 amide bonds. The van der Waals surface area contributed by atoms with Crippen LogP contribution < -0.4 is 0 Å². The van der Waals surface area contributed by atoms with Gasteiger partial charge < -0.3 is 4.98 Å². The lowest BCUT2D eigenvalue weighted by atomic mass is 10.1. The minimum atomic E-state index is 0.864. The summed E-state index contributed by atoms with van der Waals surface area (Å²) in [4.78, 5) is 14.6. The van der Waals surface area contributed by atoms with Gasteiger partial charge >= 0.3 is 0 Å². The smallest absolute Gasteiger partial charge is 0.125 e. The van der Waals surface area contributed by atoms with Crippen LogP contribution in [0.1, 0.15) is 22.6 Å². The summed E-state index contributed by atoms with van der Waals surface area (Å²) in [6.07, 6.45) is 5.02. The first-order chi connectivity index (χ1) is 10.3. The highest BCUT2D eigenvalue weighted by molar-refractivity contribution is 5.79. The van der Waals surface area contributed by atoms with Crippen LogP contribution >= 0.6 is 0 Å². The summed E-state index contributed by atoms with van der Waals surface area (Å²) in [5, 5.41) is 1.27. The summed E-state index contributed by atoms with van der Waals surface area (Å²) in [5.41, 5.74) is 5.05. The van der Waals surface area contributed by atoms with Gasteiger partial charge in [0.05, 0.1) is 5.69 Å². The summed E-state index contributed by atoms with van der Waals surface area (Å²) in [6, 6.07) is 8.76. The molecule has 0 atom stereocenters. The van der Waals surface area contributed by atoms with E-state index in [1.165, 1.54) is 27.7 Å². The largest absolute Gasteiger partial charge is 0.361 e. The van der Waals surface area contributed by atoms with E-state index in [1.807, 2.05) is 19.3 Å². The van der Waals surface area contributed by atoms with Gasteiger partial charge in [-0.3, -0.25) is 4.90 Å². The highest BCUT2D eigenvalue weighted by atomic mass is 15.1. The molecule has 3 heterocycles. The third kappa shape index (κ3) is 2.43. The molecule has 0 unspecified atom stereocenters. The van der Waals surface area contributed by atoms with Gasteiger partial charge in [-0.1, -0.05) is 12.1 Å². The third-order valence-electron chi connectivity index (χ3n) is 4.17. The fraction of sp³-hybridized carbons (Fsp3) is 0.294. The molecule has 0 fully saturated rings. The highest BCUT2D eigenvalue weighted by Gasteiger charge is 2.18. The van der Waals surface area contributed by atoms with Gasteiger partial charge in [-0.15, -0.1) is 0 Å². The van der Waals surface area contributed by atoms with Crippen molar-refractivity contribution in [1.82, 2.24) is 19.9 Å². The second kappa shape index (κ2) is 4.97. The fourth-order valence-corrected chi connectivity index (χ4v) is 3.04. The minimum absolute atomic E-state index is 0.864. The molecule has 0 radical (unpaired) electrons. The second-order valence-corrected chi connectivity index (χ2v) is 5.75. The third-order valence-corrected chi connectivity index (χ3v) is 4.17. The number of aromatic amines is 1. The van der Waals surface area contributed by atoms with Gasteiger partial charge in [0.2, 0.25) is 0 Å². The average molecular weight is 278 g/mol. The van der Waals surface area contributed by atoms with E-state index in [9.17, 15) is 0 Å². The van der Waals surface area contributed by atoms with Crippen molar-refractivity contribution in [3.63, 3.8) is 0 Å². The molecule has 4 rings (SSSR count). The molecular weight excluding hydrogens is 260 g/mol. The standard InChI is InChI=1S/C17H18N4/c1-12-19-9-15-5-7-21(11-17(15)20-12)10-13-2-3-14-4-6-18-16(14)8-13/h2-4,6,8-9,18H,5,7,10-11H2,1H3. The number of fused-ring (bicyclic) bond motifs is 2. The summed E-state index contributed by atoms with van der Waals surface area (Å²) in [5.74, 6) is 0.864. The molecule has 3 aromatic rings. The Kier molecular flexibility index (Phi) is 2.97. The molecule has 1 N–H and O–H groups in total. The molecule has 4 nitrogen and oxygen atoms in total. The molecule has 2 aromatic heterocycles. The van der Waals surface area contributed by atoms with Gasteiger partial charge in [0.15, 0.2) is 0 Å². The minimum Gasteiger partial charge on any atom is -0.361 e. The number of H-pyrrole nitrogens is 1. The van der Waals surface area contributed by atoms with Crippen LogP contribution in [0, 0.1) is 6.92 Å². The Hall–Kier alpha value is -2.20. The van der Waals surface area contributed by atoms with E-state index in [2.05, 4.69) is 44.1 Å². The number of hydrogen-bond acceptors (Lipinski definition) is 3. The molecule has 1 aromatic carbocycles. The number of benzene rings is 1. The number of nitrogens with one attached hydrogen (secondary N) is 1. The van der Waals surface area contributed by atoms with Crippen LogP contribution in [0.4, 0.5) is 0 Å². The van der Waals surface area contributed by atoms with Crippen LogP contribution in [0.3, 0.4) is 0 Å². The first kappa shape index (κ1) is 12.5. The topological polar surface area (TPSA) is 44.8 Å². The van der Waals surface area contributed by atoms with Crippen molar-refractivity contribution in [3.8, 4) is 0 Å². The normalized spacial score (nSPS) is 15.3. The molecule has 0 aliphatic carbocycles. The number of nitrogens with zero attached hydrogens (tertiary/aromatic N) is 3. The first-order valence-corrected chi connectivity index (χ1v) is 7.38. The SMILES string of the molecule is Cc1ncc2c(n1)CN(Cc1ccc3cc[nH]c3c1)CC2. The average Bonchev–Trinajstić information content (AvgIpc) is 2.94. The maximum Gasteiger partial charge on any atom is 0.125 e. The molecule has 21 heavy (non-hydrogen) atoms. The van der Waals surface area contributed by atoms with Crippen molar-refractivity contribution in [3.05, 3.63) is 59.3 Å². The van der Waals surface area contributed by atoms with Crippen molar-refractivity contribution in [2.45, 2.75) is 26.4 Å². The van der Waals surface area contributed by atoms with Gasteiger partial charge in [0.1, 0.15) is 5.82 Å². The van der Waals surface area contributed by atoms with E-state index < -0.39 is 0 Å². The zero-order chi connectivity index (χ0) is 14.2. The van der Waals surface area contributed by atoms with Crippen LogP contribution in [-0.4, -0.2) is 26.4 Å². The van der Waals surface area contributed by atoms with Crippen molar-refractivity contribution in [1.29, 1.82) is 0 Å². The Bertz CT molecular complexity index is 790. The molecular formula is C17H18N4. The molecule has 0 saturated carbocycles. The number of aromatic nitrogens is 3. The molecule has 0 bridgehead atoms. The zero-order valence-electron chi connectivity index (χ0n) is 12.1. The summed E-state index contributed by atoms with van der Waals surface area (Å²) in [6.45, 7) is 4.92. The maximum atomic E-state index is 4.59. The number of aryl methyl sites for hydroxylation is 1. The van der Waals surface area contributed by atoms with Crippen LogP contribution in [0.15, 0.2) is 36.7 Å².